The Balaban J connectivity index is 1.60. The Hall–Kier alpha value is -3.12. The van der Waals surface area contributed by atoms with E-state index in [1.54, 1.807) is 18.4 Å². The Morgan fingerprint density at radius 2 is 1.94 bits per heavy atom. The highest BCUT2D eigenvalue weighted by Gasteiger charge is 2.47. The van der Waals surface area contributed by atoms with Crippen molar-refractivity contribution in [2.45, 2.75) is 38.6 Å². The summed E-state index contributed by atoms with van der Waals surface area (Å²) in [5.74, 6) is -0.107. The molecule has 2 heterocycles. The van der Waals surface area contributed by atoms with E-state index in [4.69, 9.17) is 11.1 Å². The van der Waals surface area contributed by atoms with E-state index in [-0.39, 0.29) is 17.8 Å². The molecule has 2 aromatic carbocycles. The van der Waals surface area contributed by atoms with Crippen LogP contribution in [0, 0.1) is 18.3 Å². The Kier molecular flexibility index (Phi) is 6.07. The molecular formula is C26H30N4OS. The molecular weight excluding hydrogens is 416 g/mol. The number of thiophene rings is 1. The van der Waals surface area contributed by atoms with Crippen molar-refractivity contribution < 1.29 is 4.79 Å². The molecule has 32 heavy (non-hydrogen) atoms. The highest BCUT2D eigenvalue weighted by Crippen LogP contribution is 2.41. The number of nitrogens with two attached hydrogens (primary N) is 1. The zero-order valence-electron chi connectivity index (χ0n) is 18.8. The number of anilines is 1. The fraction of sp³-hybridized carbons (Fsp3) is 0.308. The van der Waals surface area contributed by atoms with Crippen molar-refractivity contribution in [3.63, 3.8) is 0 Å². The Morgan fingerprint density at radius 1 is 1.16 bits per heavy atom. The van der Waals surface area contributed by atoms with Gasteiger partial charge >= 0.3 is 0 Å². The first kappa shape index (κ1) is 22.1. The lowest BCUT2D eigenvalue weighted by atomic mass is 9.78. The van der Waals surface area contributed by atoms with Crippen molar-refractivity contribution in [2.75, 3.05) is 12.8 Å². The van der Waals surface area contributed by atoms with E-state index in [0.717, 1.165) is 41.0 Å². The van der Waals surface area contributed by atoms with Crippen LogP contribution in [0.4, 0.5) is 5.69 Å². The lowest BCUT2D eigenvalue weighted by Crippen LogP contribution is -2.63. The third-order valence-corrected chi connectivity index (χ3v) is 7.58. The number of amides is 1. The molecule has 6 heteroatoms. The van der Waals surface area contributed by atoms with Gasteiger partial charge in [0, 0.05) is 17.6 Å². The van der Waals surface area contributed by atoms with E-state index in [9.17, 15) is 4.79 Å². The molecule has 0 saturated carbocycles. The molecule has 1 fully saturated rings. The molecule has 2 atom stereocenters. The molecule has 1 amide bonds. The quantitative estimate of drug-likeness (QED) is 0.458. The van der Waals surface area contributed by atoms with E-state index < -0.39 is 5.54 Å². The van der Waals surface area contributed by atoms with Crippen molar-refractivity contribution in [3.05, 3.63) is 76.0 Å². The van der Waals surface area contributed by atoms with Crippen LogP contribution in [0.1, 0.15) is 35.8 Å². The summed E-state index contributed by atoms with van der Waals surface area (Å²) in [5.41, 5.74) is 10.8. The van der Waals surface area contributed by atoms with Gasteiger partial charge in [0.2, 0.25) is 5.91 Å². The van der Waals surface area contributed by atoms with E-state index in [1.165, 1.54) is 16.0 Å². The average Bonchev–Trinajstić information content (AvgIpc) is 3.26. The number of rotatable bonds is 6. The summed E-state index contributed by atoms with van der Waals surface area (Å²) >= 11 is 1.63. The number of benzene rings is 2. The smallest absolute Gasteiger partial charge is 0.234 e. The minimum atomic E-state index is -0.628. The van der Waals surface area contributed by atoms with Crippen LogP contribution in [-0.4, -0.2) is 23.8 Å². The molecule has 5 nitrogen and oxygen atoms in total. The lowest BCUT2D eigenvalue weighted by Gasteiger charge is -2.45. The molecule has 166 valence electrons. The molecule has 0 spiro atoms. The third kappa shape index (κ3) is 4.28. The van der Waals surface area contributed by atoms with Crippen LogP contribution in [0.3, 0.4) is 0 Å². The molecule has 1 aliphatic heterocycles. The summed E-state index contributed by atoms with van der Waals surface area (Å²) in [7, 11) is 1.68. The van der Waals surface area contributed by atoms with Gasteiger partial charge < -0.3 is 11.1 Å². The predicted molar refractivity (Wildman–Crippen MR) is 133 cm³/mol. The molecule has 1 unspecified atom stereocenters. The number of nitrogens with one attached hydrogen (secondary N) is 2. The first-order chi connectivity index (χ1) is 15.3. The van der Waals surface area contributed by atoms with Crippen LogP contribution in [0.2, 0.25) is 0 Å². The van der Waals surface area contributed by atoms with Gasteiger partial charge in [-0.2, -0.15) is 0 Å². The van der Waals surface area contributed by atoms with Crippen LogP contribution in [0.25, 0.3) is 11.1 Å². The maximum Gasteiger partial charge on any atom is 0.234 e. The van der Waals surface area contributed by atoms with Gasteiger partial charge in [-0.15, -0.1) is 11.3 Å². The molecule has 0 aliphatic carbocycles. The fourth-order valence-corrected chi connectivity index (χ4v) is 5.60. The molecule has 0 radical (unpaired) electrons. The average molecular weight is 447 g/mol. The maximum absolute atomic E-state index is 13.3. The highest BCUT2D eigenvalue weighted by molar-refractivity contribution is 7.10. The number of carbonyl (C=O) groups excluding carboxylic acids is 1. The number of aryl methyl sites for hydroxylation is 2. The normalized spacial score (nSPS) is 21.0. The van der Waals surface area contributed by atoms with E-state index in [2.05, 4.69) is 54.9 Å². The number of nitrogen functional groups attached to an aromatic ring is 1. The van der Waals surface area contributed by atoms with Gasteiger partial charge in [-0.1, -0.05) is 42.0 Å². The summed E-state index contributed by atoms with van der Waals surface area (Å²) in [6.45, 7) is 4.16. The highest BCUT2D eigenvalue weighted by atomic mass is 32.1. The van der Waals surface area contributed by atoms with Gasteiger partial charge in [0.25, 0.3) is 0 Å². The van der Waals surface area contributed by atoms with Crippen LogP contribution in [0.5, 0.6) is 0 Å². The van der Waals surface area contributed by atoms with Crippen molar-refractivity contribution >= 4 is 28.9 Å². The van der Waals surface area contributed by atoms with E-state index in [1.807, 2.05) is 24.3 Å². The monoisotopic (exact) mass is 446 g/mol. The van der Waals surface area contributed by atoms with E-state index in [0.29, 0.717) is 0 Å². The topological polar surface area (TPSA) is 82.2 Å². The predicted octanol–water partition coefficient (Wildman–Crippen LogP) is 5.16. The largest absolute Gasteiger partial charge is 0.399 e. The number of hydrogen-bond acceptors (Lipinski definition) is 4. The van der Waals surface area contributed by atoms with Gasteiger partial charge in [0.15, 0.2) is 5.96 Å². The van der Waals surface area contributed by atoms with Gasteiger partial charge in [0.1, 0.15) is 0 Å². The van der Waals surface area contributed by atoms with Gasteiger partial charge in [-0.3, -0.25) is 15.1 Å². The second kappa shape index (κ2) is 8.79. The first-order valence-electron chi connectivity index (χ1n) is 10.9. The minimum Gasteiger partial charge on any atom is -0.399 e. The van der Waals surface area contributed by atoms with Crippen molar-refractivity contribution in [3.8, 4) is 11.1 Å². The van der Waals surface area contributed by atoms with Gasteiger partial charge in [-0.05, 0) is 73.4 Å². The van der Waals surface area contributed by atoms with Crippen LogP contribution < -0.4 is 11.1 Å². The number of hydrogen-bond donors (Lipinski definition) is 3. The number of guanidine groups is 1. The lowest BCUT2D eigenvalue weighted by molar-refractivity contribution is -0.135. The summed E-state index contributed by atoms with van der Waals surface area (Å²) in [6.07, 6.45) is 2.59. The minimum absolute atomic E-state index is 0.000558. The Morgan fingerprint density at radius 3 is 2.69 bits per heavy atom. The van der Waals surface area contributed by atoms with E-state index >= 15 is 0 Å². The summed E-state index contributed by atoms with van der Waals surface area (Å²) in [5, 5.41) is 13.8. The van der Waals surface area contributed by atoms with Crippen LogP contribution in [0.15, 0.2) is 60.0 Å². The molecule has 3 aromatic rings. The van der Waals surface area contributed by atoms with Crippen molar-refractivity contribution in [1.29, 1.82) is 5.41 Å². The number of nitrogens with zero attached hydrogens (tertiary/aromatic N) is 1. The third-order valence-electron chi connectivity index (χ3n) is 6.41. The molecule has 1 aromatic heterocycles. The molecule has 0 bridgehead atoms. The van der Waals surface area contributed by atoms with Gasteiger partial charge in [0.05, 0.1) is 11.5 Å². The van der Waals surface area contributed by atoms with Crippen LogP contribution >= 0.6 is 11.3 Å². The Bertz CT molecular complexity index is 1150. The molecule has 4 rings (SSSR count). The SMILES string of the molecule is Cc1cccc(CCCC2C(=O)N(C)C(=N)N[C@]2(C)c2cc(-c3cccc(N)c3)cs2)c1. The zero-order chi connectivity index (χ0) is 22.9. The second-order valence-electron chi connectivity index (χ2n) is 8.83. The Labute approximate surface area is 193 Å². The first-order valence-corrected chi connectivity index (χ1v) is 11.8. The molecule has 1 saturated heterocycles. The van der Waals surface area contributed by atoms with Gasteiger partial charge in [-0.25, -0.2) is 0 Å². The second-order valence-corrected chi connectivity index (χ2v) is 9.74. The summed E-state index contributed by atoms with van der Waals surface area (Å²) in [6, 6.07) is 18.5. The van der Waals surface area contributed by atoms with Crippen molar-refractivity contribution in [1.82, 2.24) is 10.2 Å². The molecule has 1 aliphatic rings. The maximum atomic E-state index is 13.3. The van der Waals surface area contributed by atoms with Crippen LogP contribution in [-0.2, 0) is 16.8 Å². The summed E-state index contributed by atoms with van der Waals surface area (Å²) < 4.78 is 0. The number of carbonyl (C=O) groups is 1. The molecule has 4 N–H and O–H groups in total. The fourth-order valence-electron chi connectivity index (χ4n) is 4.51. The standard InChI is InChI=1S/C26H30N4OS/c1-17-7-4-8-18(13-17)9-5-12-22-24(31)30(3)25(28)29-26(22,2)23-15-20(16-32-23)19-10-6-11-21(27)14-19/h4,6-8,10-11,13-16,22H,5,9,12,27H2,1-3H3,(H2,28,29)/t22?,26-/m0/s1. The zero-order valence-corrected chi connectivity index (χ0v) is 19.6. The summed E-state index contributed by atoms with van der Waals surface area (Å²) in [4.78, 5) is 15.8. The van der Waals surface area contributed by atoms with Crippen molar-refractivity contribution in [2.24, 2.45) is 5.92 Å².